The van der Waals surface area contributed by atoms with Gasteiger partial charge in [-0.2, -0.15) is 0 Å². The Morgan fingerprint density at radius 1 is 1.17 bits per heavy atom. The summed E-state index contributed by atoms with van der Waals surface area (Å²) in [7, 11) is 0. The van der Waals surface area contributed by atoms with E-state index in [1.165, 1.54) is 11.3 Å². The lowest BCUT2D eigenvalue weighted by Crippen LogP contribution is -2.26. The third-order valence-electron chi connectivity index (χ3n) is 6.03. The number of aliphatic carboxylic acids is 1. The molecule has 0 saturated heterocycles. The molecule has 0 bridgehead atoms. The van der Waals surface area contributed by atoms with Crippen LogP contribution >= 0.6 is 11.3 Å². The number of aliphatic hydroxyl groups is 1. The van der Waals surface area contributed by atoms with Crippen LogP contribution in [0.15, 0.2) is 30.3 Å². The SMILES string of the molecule is O=C(O)CCCCCC[C@H]1C(=O)CC(F)(F)[C@@H]1CCC(O)c1cc2ccccc2s1. The predicted octanol–water partition coefficient (Wildman–Crippen LogP) is 5.98. The second-order valence-corrected chi connectivity index (χ2v) is 9.36. The maximum Gasteiger partial charge on any atom is 0.303 e. The average Bonchev–Trinajstić information content (AvgIpc) is 3.20. The normalized spacial score (nSPS) is 21.9. The molecule has 3 rings (SSSR count). The van der Waals surface area contributed by atoms with Gasteiger partial charge in [-0.25, -0.2) is 8.78 Å². The van der Waals surface area contributed by atoms with E-state index in [1.54, 1.807) is 0 Å². The molecule has 1 aliphatic carbocycles. The van der Waals surface area contributed by atoms with Crippen LogP contribution in [0.25, 0.3) is 10.1 Å². The fourth-order valence-corrected chi connectivity index (χ4v) is 5.51. The molecule has 3 atom stereocenters. The fraction of sp³-hybridized carbons (Fsp3) is 0.565. The summed E-state index contributed by atoms with van der Waals surface area (Å²) < 4.78 is 30.0. The van der Waals surface area contributed by atoms with Crippen LogP contribution < -0.4 is 0 Å². The summed E-state index contributed by atoms with van der Waals surface area (Å²) in [6.07, 6.45) is 1.97. The zero-order valence-electron chi connectivity index (χ0n) is 16.9. The summed E-state index contributed by atoms with van der Waals surface area (Å²) in [5, 5.41) is 20.2. The van der Waals surface area contributed by atoms with Gasteiger partial charge in [0.1, 0.15) is 5.78 Å². The minimum absolute atomic E-state index is 0.109. The number of rotatable bonds is 11. The van der Waals surface area contributed by atoms with Crippen LogP contribution in [0.2, 0.25) is 0 Å². The van der Waals surface area contributed by atoms with Crippen LogP contribution in [0.1, 0.15) is 68.8 Å². The highest BCUT2D eigenvalue weighted by Crippen LogP contribution is 2.47. The van der Waals surface area contributed by atoms with Crippen molar-refractivity contribution in [3.05, 3.63) is 35.2 Å². The molecule has 30 heavy (non-hydrogen) atoms. The topological polar surface area (TPSA) is 74.6 Å². The van der Waals surface area contributed by atoms with Crippen molar-refractivity contribution in [3.8, 4) is 0 Å². The number of aliphatic hydroxyl groups excluding tert-OH is 1. The van der Waals surface area contributed by atoms with E-state index >= 15 is 0 Å². The molecular formula is C23H28F2O4S. The zero-order chi connectivity index (χ0) is 21.7. The van der Waals surface area contributed by atoms with Crippen molar-refractivity contribution < 1.29 is 28.6 Å². The molecule has 164 valence electrons. The first-order valence-corrected chi connectivity index (χ1v) is 11.4. The molecule has 1 fully saturated rings. The molecule has 0 spiro atoms. The summed E-state index contributed by atoms with van der Waals surface area (Å²) in [5.74, 6) is -5.95. The molecule has 2 N–H and O–H groups in total. The van der Waals surface area contributed by atoms with E-state index < -0.39 is 36.3 Å². The van der Waals surface area contributed by atoms with Gasteiger partial charge in [-0.3, -0.25) is 9.59 Å². The molecule has 1 aliphatic rings. The van der Waals surface area contributed by atoms with E-state index in [0.29, 0.717) is 19.3 Å². The number of halogens is 2. The first kappa shape index (κ1) is 22.8. The highest BCUT2D eigenvalue weighted by Gasteiger charge is 2.54. The maximum atomic E-state index is 14.5. The number of unbranched alkanes of at least 4 members (excludes halogenated alkanes) is 3. The van der Waals surface area contributed by atoms with Crippen molar-refractivity contribution >= 4 is 33.2 Å². The number of thiophene rings is 1. The molecule has 2 aromatic rings. The van der Waals surface area contributed by atoms with Gasteiger partial charge in [0.25, 0.3) is 5.92 Å². The molecule has 1 heterocycles. The van der Waals surface area contributed by atoms with Crippen LogP contribution in [0, 0.1) is 11.8 Å². The number of hydrogen-bond acceptors (Lipinski definition) is 4. The smallest absolute Gasteiger partial charge is 0.303 e. The number of carbonyl (C=O) groups excluding carboxylic acids is 1. The highest BCUT2D eigenvalue weighted by atomic mass is 32.1. The molecule has 1 aromatic heterocycles. The predicted molar refractivity (Wildman–Crippen MR) is 113 cm³/mol. The van der Waals surface area contributed by atoms with Crippen LogP contribution in [0.3, 0.4) is 0 Å². The number of benzene rings is 1. The van der Waals surface area contributed by atoms with Gasteiger partial charge in [0.15, 0.2) is 0 Å². The van der Waals surface area contributed by atoms with Crippen LogP contribution in [0.4, 0.5) is 8.78 Å². The second-order valence-electron chi connectivity index (χ2n) is 8.24. The number of fused-ring (bicyclic) bond motifs is 1. The third kappa shape index (κ3) is 5.64. The molecular weight excluding hydrogens is 410 g/mol. The van der Waals surface area contributed by atoms with Crippen molar-refractivity contribution in [2.24, 2.45) is 11.8 Å². The number of ketones is 1. The zero-order valence-corrected chi connectivity index (χ0v) is 17.7. The van der Waals surface area contributed by atoms with Crippen molar-refractivity contribution in [2.45, 2.75) is 69.8 Å². The van der Waals surface area contributed by atoms with Crippen molar-refractivity contribution in [1.82, 2.24) is 0 Å². The highest BCUT2D eigenvalue weighted by molar-refractivity contribution is 7.19. The first-order chi connectivity index (χ1) is 14.3. The number of Topliss-reactive ketones (excluding diaryl/α,β-unsaturated/α-hetero) is 1. The van der Waals surface area contributed by atoms with Gasteiger partial charge >= 0.3 is 5.97 Å². The van der Waals surface area contributed by atoms with Crippen molar-refractivity contribution in [2.75, 3.05) is 0 Å². The van der Waals surface area contributed by atoms with Gasteiger partial charge < -0.3 is 10.2 Å². The Morgan fingerprint density at radius 3 is 2.63 bits per heavy atom. The van der Waals surface area contributed by atoms with E-state index in [9.17, 15) is 23.5 Å². The van der Waals surface area contributed by atoms with Gasteiger partial charge in [-0.1, -0.05) is 37.5 Å². The molecule has 0 amide bonds. The fourth-order valence-electron chi connectivity index (χ4n) is 4.43. The lowest BCUT2D eigenvalue weighted by Gasteiger charge is -2.24. The Labute approximate surface area is 178 Å². The Morgan fingerprint density at radius 2 is 1.90 bits per heavy atom. The van der Waals surface area contributed by atoms with Crippen molar-refractivity contribution in [3.63, 3.8) is 0 Å². The molecule has 1 saturated carbocycles. The Kier molecular flexibility index (Phi) is 7.58. The summed E-state index contributed by atoms with van der Waals surface area (Å²) >= 11 is 1.47. The Bertz CT molecular complexity index is 846. The largest absolute Gasteiger partial charge is 0.481 e. The number of carboxylic acid groups (broad SMARTS) is 1. The minimum Gasteiger partial charge on any atom is -0.481 e. The number of carboxylic acids is 1. The summed E-state index contributed by atoms with van der Waals surface area (Å²) in [4.78, 5) is 23.5. The van der Waals surface area contributed by atoms with Gasteiger partial charge in [0.05, 0.1) is 12.5 Å². The van der Waals surface area contributed by atoms with Gasteiger partial charge in [0, 0.05) is 27.8 Å². The monoisotopic (exact) mass is 438 g/mol. The molecule has 1 aromatic carbocycles. The first-order valence-electron chi connectivity index (χ1n) is 10.6. The number of alkyl halides is 2. The lowest BCUT2D eigenvalue weighted by molar-refractivity contribution is -0.137. The maximum absolute atomic E-state index is 14.5. The van der Waals surface area contributed by atoms with E-state index in [2.05, 4.69) is 0 Å². The number of carbonyl (C=O) groups is 2. The van der Waals surface area contributed by atoms with E-state index in [4.69, 9.17) is 5.11 Å². The van der Waals surface area contributed by atoms with Gasteiger partial charge in [-0.05, 0) is 43.2 Å². The van der Waals surface area contributed by atoms with E-state index in [-0.39, 0.29) is 25.0 Å². The number of hydrogen-bond donors (Lipinski definition) is 2. The molecule has 0 radical (unpaired) electrons. The van der Waals surface area contributed by atoms with Crippen LogP contribution in [-0.4, -0.2) is 27.9 Å². The average molecular weight is 439 g/mol. The molecule has 0 aliphatic heterocycles. The standard InChI is InChI=1S/C23H28F2O4S/c24-23(25)14-19(27)16(8-3-1-2-4-10-22(28)29)17(23)11-12-18(26)21-13-15-7-5-6-9-20(15)30-21/h5-7,9,13,16-18,26H,1-4,8,10-12,14H2,(H,28,29)/t16-,17-,18?/m1/s1. The second kappa shape index (κ2) is 9.96. The van der Waals surface area contributed by atoms with E-state index in [1.807, 2.05) is 30.3 Å². The van der Waals surface area contributed by atoms with Crippen LogP contribution in [0.5, 0.6) is 0 Å². The molecule has 4 nitrogen and oxygen atoms in total. The summed E-state index contributed by atoms with van der Waals surface area (Å²) in [5.41, 5.74) is 0. The van der Waals surface area contributed by atoms with Crippen molar-refractivity contribution in [1.29, 1.82) is 0 Å². The Hall–Kier alpha value is -1.86. The van der Waals surface area contributed by atoms with E-state index in [0.717, 1.165) is 27.8 Å². The van der Waals surface area contributed by atoms with Crippen LogP contribution in [-0.2, 0) is 9.59 Å². The third-order valence-corrected chi connectivity index (χ3v) is 7.25. The minimum atomic E-state index is -3.02. The van der Waals surface area contributed by atoms with Gasteiger partial charge in [0.2, 0.25) is 0 Å². The quantitative estimate of drug-likeness (QED) is 0.423. The summed E-state index contributed by atoms with van der Waals surface area (Å²) in [6, 6.07) is 9.66. The van der Waals surface area contributed by atoms with Gasteiger partial charge in [-0.15, -0.1) is 11.3 Å². The summed E-state index contributed by atoms with van der Waals surface area (Å²) in [6.45, 7) is 0. The molecule has 7 heteroatoms. The lowest BCUT2D eigenvalue weighted by atomic mass is 9.85. The molecule has 1 unspecified atom stereocenters. The Balaban J connectivity index is 1.54.